The standard InChI is InChI=1S/C14H19FN2O2/c1-9(10-3-5-11(15)6-4-10)17-14(18)12-7-19-8-13(12)16-2/h3-6,9,12-13,16H,7-8H2,1-2H3,(H,17,18)/t9-,12?,13?/m1/s1. The first kappa shape index (κ1) is 14.0. The SMILES string of the molecule is CNC1COCC1C(=O)N[C@H](C)c1ccc(F)cc1. The van der Waals surface area contributed by atoms with E-state index in [1.807, 2.05) is 14.0 Å². The maximum absolute atomic E-state index is 12.8. The molecule has 19 heavy (non-hydrogen) atoms. The fraction of sp³-hybridized carbons (Fsp3) is 0.500. The summed E-state index contributed by atoms with van der Waals surface area (Å²) in [5.74, 6) is -0.483. The largest absolute Gasteiger partial charge is 0.379 e. The zero-order valence-corrected chi connectivity index (χ0v) is 11.2. The van der Waals surface area contributed by atoms with E-state index in [1.54, 1.807) is 12.1 Å². The molecule has 1 aromatic rings. The number of carbonyl (C=O) groups excluding carboxylic acids is 1. The Morgan fingerprint density at radius 2 is 2.05 bits per heavy atom. The smallest absolute Gasteiger partial charge is 0.227 e. The number of rotatable bonds is 4. The van der Waals surface area contributed by atoms with Gasteiger partial charge in [0.05, 0.1) is 25.2 Å². The molecule has 1 aromatic carbocycles. The zero-order chi connectivity index (χ0) is 13.8. The van der Waals surface area contributed by atoms with Crippen molar-refractivity contribution in [2.24, 2.45) is 5.92 Å². The summed E-state index contributed by atoms with van der Waals surface area (Å²) < 4.78 is 18.2. The normalized spacial score (nSPS) is 24.2. The minimum Gasteiger partial charge on any atom is -0.379 e. The van der Waals surface area contributed by atoms with E-state index in [2.05, 4.69) is 10.6 Å². The van der Waals surface area contributed by atoms with Crippen LogP contribution in [0.3, 0.4) is 0 Å². The Kier molecular flexibility index (Phi) is 4.50. The first-order chi connectivity index (χ1) is 9.11. The quantitative estimate of drug-likeness (QED) is 0.862. The summed E-state index contributed by atoms with van der Waals surface area (Å²) in [7, 11) is 1.82. The van der Waals surface area contributed by atoms with Crippen LogP contribution < -0.4 is 10.6 Å². The summed E-state index contributed by atoms with van der Waals surface area (Å²) in [4.78, 5) is 12.2. The topological polar surface area (TPSA) is 50.4 Å². The maximum Gasteiger partial charge on any atom is 0.227 e. The van der Waals surface area contributed by atoms with Gasteiger partial charge in [-0.3, -0.25) is 4.79 Å². The molecule has 4 nitrogen and oxygen atoms in total. The molecule has 1 aliphatic heterocycles. The van der Waals surface area contributed by atoms with Crippen molar-refractivity contribution < 1.29 is 13.9 Å². The summed E-state index contributed by atoms with van der Waals surface area (Å²) >= 11 is 0. The van der Waals surface area contributed by atoms with Crippen molar-refractivity contribution in [3.63, 3.8) is 0 Å². The van der Waals surface area contributed by atoms with Gasteiger partial charge in [-0.1, -0.05) is 12.1 Å². The van der Waals surface area contributed by atoms with Crippen molar-refractivity contribution in [1.29, 1.82) is 0 Å². The van der Waals surface area contributed by atoms with Crippen LogP contribution in [-0.4, -0.2) is 32.2 Å². The van der Waals surface area contributed by atoms with Crippen LogP contribution in [0, 0.1) is 11.7 Å². The predicted octanol–water partition coefficient (Wildman–Crippen LogP) is 1.24. The molecule has 2 N–H and O–H groups in total. The summed E-state index contributed by atoms with van der Waals surface area (Å²) in [5.41, 5.74) is 0.884. The van der Waals surface area contributed by atoms with E-state index in [4.69, 9.17) is 4.74 Å². The molecule has 1 heterocycles. The van der Waals surface area contributed by atoms with Crippen molar-refractivity contribution in [1.82, 2.24) is 10.6 Å². The summed E-state index contributed by atoms with van der Waals surface area (Å²) in [6.07, 6.45) is 0. The Bertz CT molecular complexity index is 436. The van der Waals surface area contributed by atoms with Gasteiger partial charge in [0.2, 0.25) is 5.91 Å². The number of hydrogen-bond acceptors (Lipinski definition) is 3. The number of nitrogens with one attached hydrogen (secondary N) is 2. The molecule has 0 saturated carbocycles. The highest BCUT2D eigenvalue weighted by Gasteiger charge is 2.33. The Morgan fingerprint density at radius 3 is 2.68 bits per heavy atom. The number of likely N-dealkylation sites (N-methyl/N-ethyl adjacent to an activating group) is 1. The lowest BCUT2D eigenvalue weighted by Gasteiger charge is -2.20. The summed E-state index contributed by atoms with van der Waals surface area (Å²) in [6, 6.07) is 6.06. The van der Waals surface area contributed by atoms with Gasteiger partial charge in [0.25, 0.3) is 0 Å². The molecule has 5 heteroatoms. The Morgan fingerprint density at radius 1 is 1.37 bits per heavy atom. The van der Waals surface area contributed by atoms with Gasteiger partial charge in [-0.15, -0.1) is 0 Å². The summed E-state index contributed by atoms with van der Waals surface area (Å²) in [5, 5.41) is 6.02. The second-order valence-electron chi connectivity index (χ2n) is 4.82. The monoisotopic (exact) mass is 266 g/mol. The molecular formula is C14H19FN2O2. The van der Waals surface area contributed by atoms with E-state index < -0.39 is 0 Å². The lowest BCUT2D eigenvalue weighted by molar-refractivity contribution is -0.126. The van der Waals surface area contributed by atoms with E-state index in [0.717, 1.165) is 5.56 Å². The van der Waals surface area contributed by atoms with Crippen LogP contribution in [-0.2, 0) is 9.53 Å². The fourth-order valence-corrected chi connectivity index (χ4v) is 2.25. The molecule has 104 valence electrons. The van der Waals surface area contributed by atoms with Crippen LogP contribution >= 0.6 is 0 Å². The number of benzene rings is 1. The van der Waals surface area contributed by atoms with E-state index >= 15 is 0 Å². The van der Waals surface area contributed by atoms with Crippen molar-refractivity contribution in [2.45, 2.75) is 19.0 Å². The second-order valence-corrected chi connectivity index (χ2v) is 4.82. The van der Waals surface area contributed by atoms with E-state index in [1.165, 1.54) is 12.1 Å². The van der Waals surface area contributed by atoms with Crippen LogP contribution in [0.2, 0.25) is 0 Å². The number of halogens is 1. The van der Waals surface area contributed by atoms with Crippen molar-refractivity contribution in [3.05, 3.63) is 35.6 Å². The Labute approximate surface area is 112 Å². The molecular weight excluding hydrogens is 247 g/mol. The van der Waals surface area contributed by atoms with Crippen molar-refractivity contribution >= 4 is 5.91 Å². The van der Waals surface area contributed by atoms with Gasteiger partial charge in [0, 0.05) is 6.04 Å². The molecule has 2 rings (SSSR count). The average Bonchev–Trinajstić information content (AvgIpc) is 2.87. The molecule has 0 bridgehead atoms. The summed E-state index contributed by atoms with van der Waals surface area (Å²) in [6.45, 7) is 2.88. The van der Waals surface area contributed by atoms with Gasteiger partial charge < -0.3 is 15.4 Å². The van der Waals surface area contributed by atoms with Gasteiger partial charge >= 0.3 is 0 Å². The van der Waals surface area contributed by atoms with Crippen molar-refractivity contribution in [3.8, 4) is 0 Å². The molecule has 0 aliphatic carbocycles. The third kappa shape index (κ3) is 3.30. The van der Waals surface area contributed by atoms with E-state index in [0.29, 0.717) is 13.2 Å². The highest BCUT2D eigenvalue weighted by Crippen LogP contribution is 2.17. The van der Waals surface area contributed by atoms with Crippen LogP contribution in [0.1, 0.15) is 18.5 Å². The minimum absolute atomic E-state index is 0.0336. The van der Waals surface area contributed by atoms with E-state index in [9.17, 15) is 9.18 Å². The first-order valence-electron chi connectivity index (χ1n) is 6.42. The van der Waals surface area contributed by atoms with Gasteiger partial charge in [0.1, 0.15) is 5.82 Å². The number of amides is 1. The van der Waals surface area contributed by atoms with Crippen LogP contribution in [0.25, 0.3) is 0 Å². The van der Waals surface area contributed by atoms with Crippen LogP contribution in [0.5, 0.6) is 0 Å². The third-order valence-corrected chi connectivity index (χ3v) is 3.52. The van der Waals surface area contributed by atoms with Crippen LogP contribution in [0.4, 0.5) is 4.39 Å². The van der Waals surface area contributed by atoms with Crippen molar-refractivity contribution in [2.75, 3.05) is 20.3 Å². The van der Waals surface area contributed by atoms with Gasteiger partial charge in [0.15, 0.2) is 0 Å². The average molecular weight is 266 g/mol. The third-order valence-electron chi connectivity index (χ3n) is 3.52. The molecule has 1 amide bonds. The highest BCUT2D eigenvalue weighted by molar-refractivity contribution is 5.80. The number of hydrogen-bond donors (Lipinski definition) is 2. The Balaban J connectivity index is 1.96. The number of ether oxygens (including phenoxy) is 1. The van der Waals surface area contributed by atoms with E-state index in [-0.39, 0.29) is 29.7 Å². The molecule has 2 unspecified atom stereocenters. The lowest BCUT2D eigenvalue weighted by Crippen LogP contribution is -2.43. The second kappa shape index (κ2) is 6.12. The fourth-order valence-electron chi connectivity index (χ4n) is 2.25. The van der Waals surface area contributed by atoms with Crippen LogP contribution in [0.15, 0.2) is 24.3 Å². The zero-order valence-electron chi connectivity index (χ0n) is 11.2. The predicted molar refractivity (Wildman–Crippen MR) is 70.1 cm³/mol. The number of carbonyl (C=O) groups is 1. The molecule has 0 spiro atoms. The molecule has 1 aliphatic rings. The van der Waals surface area contributed by atoms with Gasteiger partial charge in [-0.2, -0.15) is 0 Å². The molecule has 0 aromatic heterocycles. The molecule has 1 saturated heterocycles. The van der Waals surface area contributed by atoms with Gasteiger partial charge in [-0.25, -0.2) is 4.39 Å². The maximum atomic E-state index is 12.8. The first-order valence-corrected chi connectivity index (χ1v) is 6.42. The van der Waals surface area contributed by atoms with Gasteiger partial charge in [-0.05, 0) is 31.7 Å². The highest BCUT2D eigenvalue weighted by atomic mass is 19.1. The molecule has 1 fully saturated rings. The molecule has 3 atom stereocenters. The Hall–Kier alpha value is -1.46. The molecule has 0 radical (unpaired) electrons. The lowest BCUT2D eigenvalue weighted by atomic mass is 10.0. The minimum atomic E-state index is -0.276.